The predicted octanol–water partition coefficient (Wildman–Crippen LogP) is 3.30. The first-order valence-corrected chi connectivity index (χ1v) is 10.1. The topological polar surface area (TPSA) is 76.0 Å². The zero-order valence-electron chi connectivity index (χ0n) is 15.2. The highest BCUT2D eigenvalue weighted by atomic mass is 32.2. The number of rotatable bonds is 5. The normalized spacial score (nSPS) is 13.4. The Morgan fingerprint density at radius 2 is 2.04 bits per heavy atom. The first kappa shape index (κ1) is 18.3. The molecule has 1 aliphatic rings. The van der Waals surface area contributed by atoms with Gasteiger partial charge in [-0.2, -0.15) is 5.10 Å². The maximum atomic E-state index is 12.5. The number of carbonyl (C=O) groups is 2. The SMILES string of the molecule is O=C1CCSc2ccc(C(=O)NCc3cnn(Cc4ccccc4)c3)cc2N1. The number of thioether (sulfide) groups is 1. The third kappa shape index (κ3) is 4.43. The molecular formula is C21H20N4O2S. The molecule has 1 aromatic heterocycles. The Morgan fingerprint density at radius 1 is 1.18 bits per heavy atom. The van der Waals surface area contributed by atoms with Gasteiger partial charge in [0.15, 0.2) is 0 Å². The molecular weight excluding hydrogens is 372 g/mol. The van der Waals surface area contributed by atoms with Crippen LogP contribution >= 0.6 is 11.8 Å². The number of amides is 2. The van der Waals surface area contributed by atoms with Gasteiger partial charge < -0.3 is 10.6 Å². The van der Waals surface area contributed by atoms with Crippen molar-refractivity contribution in [2.24, 2.45) is 0 Å². The smallest absolute Gasteiger partial charge is 0.251 e. The van der Waals surface area contributed by atoms with Crippen LogP contribution in [0.1, 0.15) is 27.9 Å². The van der Waals surface area contributed by atoms with Crippen molar-refractivity contribution in [1.29, 1.82) is 0 Å². The number of carbonyl (C=O) groups excluding carboxylic acids is 2. The van der Waals surface area contributed by atoms with Crippen LogP contribution < -0.4 is 10.6 Å². The summed E-state index contributed by atoms with van der Waals surface area (Å²) in [7, 11) is 0. The van der Waals surface area contributed by atoms with Crippen LogP contribution in [-0.2, 0) is 17.9 Å². The van der Waals surface area contributed by atoms with Gasteiger partial charge in [-0.1, -0.05) is 30.3 Å². The number of fused-ring (bicyclic) bond motifs is 1. The van der Waals surface area contributed by atoms with Crippen LogP contribution in [0.25, 0.3) is 0 Å². The minimum absolute atomic E-state index is 0.0189. The van der Waals surface area contributed by atoms with Gasteiger partial charge in [0.1, 0.15) is 0 Å². The van der Waals surface area contributed by atoms with Crippen molar-refractivity contribution in [3.05, 3.63) is 77.6 Å². The third-order valence-corrected chi connectivity index (χ3v) is 5.50. The predicted molar refractivity (Wildman–Crippen MR) is 109 cm³/mol. The van der Waals surface area contributed by atoms with E-state index in [0.29, 0.717) is 30.8 Å². The second kappa shape index (κ2) is 8.31. The van der Waals surface area contributed by atoms with E-state index < -0.39 is 0 Å². The van der Waals surface area contributed by atoms with Crippen LogP contribution in [0.15, 0.2) is 65.8 Å². The van der Waals surface area contributed by atoms with Gasteiger partial charge in [0.2, 0.25) is 5.91 Å². The van der Waals surface area contributed by atoms with E-state index in [1.165, 1.54) is 5.56 Å². The van der Waals surface area contributed by atoms with Crippen LogP contribution in [0.4, 0.5) is 5.69 Å². The number of hydrogen-bond acceptors (Lipinski definition) is 4. The molecule has 0 fully saturated rings. The zero-order valence-corrected chi connectivity index (χ0v) is 16.0. The van der Waals surface area contributed by atoms with Crippen molar-refractivity contribution in [2.45, 2.75) is 24.4 Å². The standard InChI is InChI=1S/C21H20N4O2S/c26-20-8-9-28-19-7-6-17(10-18(19)24-20)21(27)22-11-16-12-23-25(14-16)13-15-4-2-1-3-5-15/h1-7,10,12,14H,8-9,11,13H2,(H,22,27)(H,24,26). The van der Waals surface area contributed by atoms with E-state index in [2.05, 4.69) is 27.9 Å². The number of hydrogen-bond donors (Lipinski definition) is 2. The fourth-order valence-electron chi connectivity index (χ4n) is 3.00. The maximum Gasteiger partial charge on any atom is 0.251 e. The Bertz CT molecular complexity index is 1000. The molecule has 0 radical (unpaired) electrons. The van der Waals surface area contributed by atoms with Crippen molar-refractivity contribution < 1.29 is 9.59 Å². The molecule has 2 aromatic carbocycles. The largest absolute Gasteiger partial charge is 0.348 e. The lowest BCUT2D eigenvalue weighted by Crippen LogP contribution is -2.23. The van der Waals surface area contributed by atoms with Gasteiger partial charge in [-0.25, -0.2) is 0 Å². The van der Waals surface area contributed by atoms with E-state index in [-0.39, 0.29) is 11.8 Å². The minimum Gasteiger partial charge on any atom is -0.348 e. The average molecular weight is 392 g/mol. The van der Waals surface area contributed by atoms with Crippen molar-refractivity contribution >= 4 is 29.3 Å². The van der Waals surface area contributed by atoms with Crippen LogP contribution in [0, 0.1) is 0 Å². The second-order valence-electron chi connectivity index (χ2n) is 6.57. The van der Waals surface area contributed by atoms with Gasteiger partial charge >= 0.3 is 0 Å². The molecule has 2 N–H and O–H groups in total. The number of aromatic nitrogens is 2. The Labute approximate surface area is 167 Å². The third-order valence-electron chi connectivity index (χ3n) is 4.43. The molecule has 6 nitrogen and oxygen atoms in total. The highest BCUT2D eigenvalue weighted by Gasteiger charge is 2.15. The molecule has 2 amide bonds. The molecule has 28 heavy (non-hydrogen) atoms. The molecule has 142 valence electrons. The molecule has 0 spiro atoms. The van der Waals surface area contributed by atoms with Crippen molar-refractivity contribution in [3.8, 4) is 0 Å². The van der Waals surface area contributed by atoms with E-state index in [1.807, 2.05) is 35.1 Å². The Morgan fingerprint density at radius 3 is 2.89 bits per heavy atom. The average Bonchev–Trinajstić information content (AvgIpc) is 3.06. The van der Waals surface area contributed by atoms with Crippen molar-refractivity contribution in [1.82, 2.24) is 15.1 Å². The lowest BCUT2D eigenvalue weighted by molar-refractivity contribution is -0.115. The monoisotopic (exact) mass is 392 g/mol. The summed E-state index contributed by atoms with van der Waals surface area (Å²) in [5, 5.41) is 10.1. The summed E-state index contributed by atoms with van der Waals surface area (Å²) in [6, 6.07) is 15.5. The molecule has 3 aromatic rings. The fourth-order valence-corrected chi connectivity index (χ4v) is 3.94. The van der Waals surface area contributed by atoms with E-state index in [9.17, 15) is 9.59 Å². The molecule has 0 aliphatic carbocycles. The number of anilines is 1. The number of nitrogens with one attached hydrogen (secondary N) is 2. The number of nitrogens with zero attached hydrogens (tertiary/aromatic N) is 2. The minimum atomic E-state index is -0.179. The summed E-state index contributed by atoms with van der Waals surface area (Å²) in [6.45, 7) is 1.09. The Balaban J connectivity index is 1.38. The van der Waals surface area contributed by atoms with E-state index in [4.69, 9.17) is 0 Å². The van der Waals surface area contributed by atoms with Gasteiger partial charge in [-0.3, -0.25) is 14.3 Å². The molecule has 0 saturated heterocycles. The van der Waals surface area contributed by atoms with Crippen molar-refractivity contribution in [2.75, 3.05) is 11.1 Å². The van der Waals surface area contributed by atoms with Gasteiger partial charge in [0.25, 0.3) is 5.91 Å². The summed E-state index contributed by atoms with van der Waals surface area (Å²) in [5.74, 6) is 0.550. The summed E-state index contributed by atoms with van der Waals surface area (Å²) in [4.78, 5) is 25.2. The Hall–Kier alpha value is -3.06. The lowest BCUT2D eigenvalue weighted by Gasteiger charge is -2.09. The highest BCUT2D eigenvalue weighted by Crippen LogP contribution is 2.31. The van der Waals surface area contributed by atoms with Crippen LogP contribution in [0.3, 0.4) is 0 Å². The molecule has 0 bridgehead atoms. The molecule has 1 aliphatic heterocycles. The Kier molecular flexibility index (Phi) is 5.43. The summed E-state index contributed by atoms with van der Waals surface area (Å²) < 4.78 is 1.85. The van der Waals surface area contributed by atoms with Crippen LogP contribution in [0.2, 0.25) is 0 Å². The summed E-state index contributed by atoms with van der Waals surface area (Å²) >= 11 is 1.62. The summed E-state index contributed by atoms with van der Waals surface area (Å²) in [5.41, 5.74) is 3.34. The zero-order chi connectivity index (χ0) is 19.3. The molecule has 0 saturated carbocycles. The molecule has 4 rings (SSSR count). The maximum absolute atomic E-state index is 12.5. The quantitative estimate of drug-likeness (QED) is 0.699. The van der Waals surface area contributed by atoms with Gasteiger partial charge in [-0.05, 0) is 23.8 Å². The van der Waals surface area contributed by atoms with Gasteiger partial charge in [0.05, 0.1) is 18.4 Å². The fraction of sp³-hybridized carbons (Fsp3) is 0.190. The molecule has 7 heteroatoms. The molecule has 0 atom stereocenters. The molecule has 0 unspecified atom stereocenters. The summed E-state index contributed by atoms with van der Waals surface area (Å²) in [6.07, 6.45) is 4.17. The lowest BCUT2D eigenvalue weighted by atomic mass is 10.1. The van der Waals surface area contributed by atoms with Crippen LogP contribution in [-0.4, -0.2) is 27.3 Å². The first-order chi connectivity index (χ1) is 13.7. The van der Waals surface area contributed by atoms with E-state index in [1.54, 1.807) is 30.1 Å². The van der Waals surface area contributed by atoms with Crippen molar-refractivity contribution in [3.63, 3.8) is 0 Å². The molecule has 2 heterocycles. The highest BCUT2D eigenvalue weighted by molar-refractivity contribution is 7.99. The van der Waals surface area contributed by atoms with E-state index >= 15 is 0 Å². The van der Waals surface area contributed by atoms with Crippen LogP contribution in [0.5, 0.6) is 0 Å². The van der Waals surface area contributed by atoms with Gasteiger partial charge in [-0.15, -0.1) is 11.8 Å². The van der Waals surface area contributed by atoms with Gasteiger partial charge in [0, 0.05) is 40.9 Å². The first-order valence-electron chi connectivity index (χ1n) is 9.07. The van der Waals surface area contributed by atoms with E-state index in [0.717, 1.165) is 16.2 Å². The second-order valence-corrected chi connectivity index (χ2v) is 7.71. The number of benzene rings is 2.